The maximum Gasteiger partial charge on any atom is 0.282 e. The molecule has 2 aromatic heterocycles. The number of aryl methyl sites for hydroxylation is 2. The van der Waals surface area contributed by atoms with Gasteiger partial charge in [0.2, 0.25) is 0 Å². The fraction of sp³-hybridized carbons (Fsp3) is 0.500. The van der Waals surface area contributed by atoms with Crippen LogP contribution in [0.3, 0.4) is 0 Å². The highest BCUT2D eigenvalue weighted by molar-refractivity contribution is 7.92. The van der Waals surface area contributed by atoms with E-state index in [1.165, 1.54) is 17.5 Å². The fourth-order valence-electron chi connectivity index (χ4n) is 1.78. The molecule has 0 saturated carbocycles. The molecule has 0 radical (unpaired) electrons. The third-order valence-corrected chi connectivity index (χ3v) is 5.30. The molecule has 9 heteroatoms. The molecule has 0 amide bonds. The van der Waals surface area contributed by atoms with E-state index >= 15 is 0 Å². The molecule has 0 spiro atoms. The number of anilines is 1. The van der Waals surface area contributed by atoms with Crippen molar-refractivity contribution in [2.24, 2.45) is 0 Å². The molecule has 21 heavy (non-hydrogen) atoms. The lowest BCUT2D eigenvalue weighted by atomic mass is 10.3. The molecule has 0 fully saturated rings. The SMILES string of the molecule is CCn1cc(S(=O)(=O)Nc2nc(C(C)NC)cs2)nc1C. The largest absolute Gasteiger partial charge is 0.334 e. The van der Waals surface area contributed by atoms with Gasteiger partial charge in [-0.15, -0.1) is 11.3 Å². The molecule has 7 nitrogen and oxygen atoms in total. The summed E-state index contributed by atoms with van der Waals surface area (Å²) in [6.45, 7) is 6.35. The molecule has 0 aliphatic heterocycles. The number of aromatic nitrogens is 3. The number of thiazole rings is 1. The van der Waals surface area contributed by atoms with Crippen LogP contribution in [-0.4, -0.2) is 30.0 Å². The van der Waals surface area contributed by atoms with Crippen LogP contribution in [0, 0.1) is 6.92 Å². The Kier molecular flexibility index (Phi) is 4.64. The van der Waals surface area contributed by atoms with Gasteiger partial charge in [-0.05, 0) is 27.8 Å². The number of hydrogen-bond donors (Lipinski definition) is 2. The van der Waals surface area contributed by atoms with Gasteiger partial charge in [0.25, 0.3) is 10.0 Å². The van der Waals surface area contributed by atoms with Crippen molar-refractivity contribution in [3.05, 3.63) is 23.1 Å². The van der Waals surface area contributed by atoms with Crippen molar-refractivity contribution in [2.45, 2.75) is 38.4 Å². The molecule has 2 heterocycles. The Morgan fingerprint density at radius 1 is 1.43 bits per heavy atom. The molecule has 2 rings (SSSR count). The lowest BCUT2D eigenvalue weighted by Crippen LogP contribution is -2.15. The van der Waals surface area contributed by atoms with E-state index in [9.17, 15) is 8.42 Å². The predicted octanol–water partition coefficient (Wildman–Crippen LogP) is 1.75. The first kappa shape index (κ1) is 15.9. The molecule has 2 N–H and O–H groups in total. The lowest BCUT2D eigenvalue weighted by Gasteiger charge is -2.05. The van der Waals surface area contributed by atoms with Crippen LogP contribution >= 0.6 is 11.3 Å². The van der Waals surface area contributed by atoms with Crippen LogP contribution in [0.2, 0.25) is 0 Å². The van der Waals surface area contributed by atoms with Crippen LogP contribution in [0.25, 0.3) is 0 Å². The van der Waals surface area contributed by atoms with Crippen molar-refractivity contribution in [3.8, 4) is 0 Å². The highest BCUT2D eigenvalue weighted by Crippen LogP contribution is 2.23. The van der Waals surface area contributed by atoms with Gasteiger partial charge in [0.15, 0.2) is 10.2 Å². The summed E-state index contributed by atoms with van der Waals surface area (Å²) in [5.74, 6) is 0.668. The predicted molar refractivity (Wildman–Crippen MR) is 83.0 cm³/mol. The molecular weight excluding hydrogens is 310 g/mol. The Labute approximate surface area is 128 Å². The summed E-state index contributed by atoms with van der Waals surface area (Å²) in [5.41, 5.74) is 0.801. The van der Waals surface area contributed by atoms with Crippen LogP contribution < -0.4 is 10.0 Å². The Morgan fingerprint density at radius 3 is 2.71 bits per heavy atom. The highest BCUT2D eigenvalue weighted by Gasteiger charge is 2.21. The first-order chi connectivity index (χ1) is 9.87. The molecule has 116 valence electrons. The lowest BCUT2D eigenvalue weighted by molar-refractivity contribution is 0.597. The standard InChI is InChI=1S/C12H19N5O2S2/c1-5-17-6-11(14-9(17)3)21(18,19)16-12-15-10(7-20-12)8(2)13-4/h6-8,13H,5H2,1-4H3,(H,15,16). The number of nitrogens with one attached hydrogen (secondary N) is 2. The van der Waals surface area contributed by atoms with E-state index in [1.54, 1.807) is 11.5 Å². The van der Waals surface area contributed by atoms with Gasteiger partial charge in [-0.2, -0.15) is 8.42 Å². The Hall–Kier alpha value is -1.45. The second kappa shape index (κ2) is 6.12. The summed E-state index contributed by atoms with van der Waals surface area (Å²) in [4.78, 5) is 8.36. The Balaban J connectivity index is 2.22. The quantitative estimate of drug-likeness (QED) is 0.843. The monoisotopic (exact) mass is 329 g/mol. The first-order valence-electron chi connectivity index (χ1n) is 6.56. The summed E-state index contributed by atoms with van der Waals surface area (Å²) >= 11 is 1.26. The molecule has 1 atom stereocenters. The average molecular weight is 329 g/mol. The summed E-state index contributed by atoms with van der Waals surface area (Å²) in [6.07, 6.45) is 1.53. The minimum atomic E-state index is -3.70. The van der Waals surface area contributed by atoms with Gasteiger partial charge in [0.05, 0.1) is 5.69 Å². The molecule has 0 saturated heterocycles. The second-order valence-corrected chi connectivity index (χ2v) is 7.09. The summed E-state index contributed by atoms with van der Waals surface area (Å²) in [7, 11) is -1.87. The third kappa shape index (κ3) is 3.42. The zero-order chi connectivity index (χ0) is 15.6. The zero-order valence-electron chi connectivity index (χ0n) is 12.4. The minimum absolute atomic E-state index is 0.0141. The second-order valence-electron chi connectivity index (χ2n) is 4.61. The van der Waals surface area contributed by atoms with Gasteiger partial charge >= 0.3 is 0 Å². The van der Waals surface area contributed by atoms with Crippen LogP contribution in [0.4, 0.5) is 5.13 Å². The summed E-state index contributed by atoms with van der Waals surface area (Å²) in [6, 6.07) is 0.0704. The van der Waals surface area contributed by atoms with Crippen molar-refractivity contribution in [3.63, 3.8) is 0 Å². The van der Waals surface area contributed by atoms with Crippen molar-refractivity contribution in [1.82, 2.24) is 19.9 Å². The van der Waals surface area contributed by atoms with Crippen LogP contribution in [-0.2, 0) is 16.6 Å². The highest BCUT2D eigenvalue weighted by atomic mass is 32.2. The topological polar surface area (TPSA) is 88.9 Å². The van der Waals surface area contributed by atoms with E-state index in [4.69, 9.17) is 0 Å². The van der Waals surface area contributed by atoms with E-state index in [0.29, 0.717) is 17.5 Å². The molecule has 2 aromatic rings. The van der Waals surface area contributed by atoms with Gasteiger partial charge in [-0.1, -0.05) is 0 Å². The fourth-order valence-corrected chi connectivity index (χ4v) is 3.84. The van der Waals surface area contributed by atoms with Gasteiger partial charge in [0, 0.05) is 24.2 Å². The Morgan fingerprint density at radius 2 is 2.14 bits per heavy atom. The number of imidazole rings is 1. The Bertz CT molecular complexity index is 720. The summed E-state index contributed by atoms with van der Waals surface area (Å²) < 4.78 is 28.8. The van der Waals surface area contributed by atoms with E-state index in [2.05, 4.69) is 20.0 Å². The number of nitrogens with zero attached hydrogens (tertiary/aromatic N) is 3. The van der Waals surface area contributed by atoms with E-state index in [-0.39, 0.29) is 11.1 Å². The number of rotatable bonds is 6. The molecule has 1 unspecified atom stereocenters. The maximum atomic E-state index is 12.3. The van der Waals surface area contributed by atoms with E-state index in [1.807, 2.05) is 26.3 Å². The minimum Gasteiger partial charge on any atom is -0.334 e. The average Bonchev–Trinajstić information content (AvgIpc) is 3.04. The molecule has 0 bridgehead atoms. The third-order valence-electron chi connectivity index (χ3n) is 3.19. The molecule has 0 aliphatic rings. The van der Waals surface area contributed by atoms with E-state index < -0.39 is 10.0 Å². The van der Waals surface area contributed by atoms with E-state index in [0.717, 1.165) is 5.69 Å². The molecular formula is C12H19N5O2S2. The first-order valence-corrected chi connectivity index (χ1v) is 8.93. The van der Waals surface area contributed by atoms with Crippen molar-refractivity contribution in [2.75, 3.05) is 11.8 Å². The van der Waals surface area contributed by atoms with Crippen LogP contribution in [0.1, 0.15) is 31.4 Å². The maximum absolute atomic E-state index is 12.3. The van der Waals surface area contributed by atoms with Gasteiger partial charge in [-0.3, -0.25) is 4.72 Å². The van der Waals surface area contributed by atoms with Gasteiger partial charge in [0.1, 0.15) is 5.82 Å². The van der Waals surface area contributed by atoms with Gasteiger partial charge in [-0.25, -0.2) is 9.97 Å². The van der Waals surface area contributed by atoms with Crippen LogP contribution in [0.15, 0.2) is 16.6 Å². The van der Waals surface area contributed by atoms with Crippen molar-refractivity contribution in [1.29, 1.82) is 0 Å². The normalized spacial score (nSPS) is 13.3. The number of hydrogen-bond acceptors (Lipinski definition) is 6. The summed E-state index contributed by atoms with van der Waals surface area (Å²) in [5, 5.41) is 5.24. The smallest absolute Gasteiger partial charge is 0.282 e. The number of sulfonamides is 1. The molecule has 0 aliphatic carbocycles. The van der Waals surface area contributed by atoms with Gasteiger partial charge < -0.3 is 9.88 Å². The van der Waals surface area contributed by atoms with Crippen LogP contribution in [0.5, 0.6) is 0 Å². The molecule has 0 aromatic carbocycles. The zero-order valence-corrected chi connectivity index (χ0v) is 14.0. The van der Waals surface area contributed by atoms with Crippen molar-refractivity contribution >= 4 is 26.5 Å². The van der Waals surface area contributed by atoms with Crippen molar-refractivity contribution < 1.29 is 8.42 Å².